The smallest absolute Gasteiger partial charge is 0.0410 e. The first kappa shape index (κ1) is 13.6. The van der Waals surface area contributed by atoms with Crippen molar-refractivity contribution in [1.29, 1.82) is 0 Å². The van der Waals surface area contributed by atoms with E-state index < -0.39 is 0 Å². The summed E-state index contributed by atoms with van der Waals surface area (Å²) in [4.78, 5) is 2.21. The summed E-state index contributed by atoms with van der Waals surface area (Å²) in [6.45, 7) is 4.97. The third kappa shape index (κ3) is 3.15. The number of aryl methyl sites for hydroxylation is 2. The standard InChI is InChI=1S/C17H22N2/c1-13-5-4-6-16(11-13)19(3)17-8-7-15(9-10-18)14(2)12-17/h4-8,11-12H,9-10,18H2,1-3H3. The molecule has 0 saturated carbocycles. The first-order valence-corrected chi connectivity index (χ1v) is 6.72. The van der Waals surface area contributed by atoms with Gasteiger partial charge in [-0.2, -0.15) is 0 Å². The molecule has 0 aliphatic carbocycles. The first-order valence-electron chi connectivity index (χ1n) is 6.72. The van der Waals surface area contributed by atoms with Crippen LogP contribution in [0.4, 0.5) is 11.4 Å². The molecular weight excluding hydrogens is 232 g/mol. The normalized spacial score (nSPS) is 10.5. The van der Waals surface area contributed by atoms with Gasteiger partial charge in [-0.15, -0.1) is 0 Å². The largest absolute Gasteiger partial charge is 0.345 e. The molecule has 0 amide bonds. The Labute approximate surface area is 115 Å². The number of nitrogens with two attached hydrogens (primary N) is 1. The second kappa shape index (κ2) is 5.89. The summed E-state index contributed by atoms with van der Waals surface area (Å²) in [7, 11) is 2.10. The fourth-order valence-electron chi connectivity index (χ4n) is 2.31. The van der Waals surface area contributed by atoms with Gasteiger partial charge in [-0.25, -0.2) is 0 Å². The van der Waals surface area contributed by atoms with Crippen LogP contribution in [0.3, 0.4) is 0 Å². The Morgan fingerprint density at radius 2 is 1.74 bits per heavy atom. The Hall–Kier alpha value is -1.80. The van der Waals surface area contributed by atoms with Crippen molar-refractivity contribution in [3.8, 4) is 0 Å². The van der Waals surface area contributed by atoms with E-state index in [1.165, 1.54) is 28.1 Å². The van der Waals surface area contributed by atoms with Crippen LogP contribution in [0.5, 0.6) is 0 Å². The molecule has 2 aromatic carbocycles. The lowest BCUT2D eigenvalue weighted by Gasteiger charge is -2.21. The van der Waals surface area contributed by atoms with E-state index in [1.54, 1.807) is 0 Å². The number of anilines is 2. The molecule has 0 atom stereocenters. The minimum Gasteiger partial charge on any atom is -0.345 e. The summed E-state index contributed by atoms with van der Waals surface area (Å²) >= 11 is 0. The van der Waals surface area contributed by atoms with Gasteiger partial charge in [-0.3, -0.25) is 0 Å². The molecule has 2 nitrogen and oxygen atoms in total. The highest BCUT2D eigenvalue weighted by Crippen LogP contribution is 2.26. The van der Waals surface area contributed by atoms with Crippen molar-refractivity contribution in [1.82, 2.24) is 0 Å². The number of rotatable bonds is 4. The lowest BCUT2D eigenvalue weighted by Crippen LogP contribution is -2.10. The van der Waals surface area contributed by atoms with Gasteiger partial charge in [-0.1, -0.05) is 18.2 Å². The van der Waals surface area contributed by atoms with Crippen molar-refractivity contribution in [2.24, 2.45) is 5.73 Å². The summed E-state index contributed by atoms with van der Waals surface area (Å²) in [5.41, 5.74) is 12.0. The van der Waals surface area contributed by atoms with Gasteiger partial charge in [0.25, 0.3) is 0 Å². The van der Waals surface area contributed by atoms with E-state index in [-0.39, 0.29) is 0 Å². The van der Waals surface area contributed by atoms with Crippen molar-refractivity contribution >= 4 is 11.4 Å². The maximum Gasteiger partial charge on any atom is 0.0410 e. The van der Waals surface area contributed by atoms with Crippen LogP contribution < -0.4 is 10.6 Å². The van der Waals surface area contributed by atoms with E-state index in [0.29, 0.717) is 6.54 Å². The molecule has 2 N–H and O–H groups in total. The molecule has 0 radical (unpaired) electrons. The highest BCUT2D eigenvalue weighted by atomic mass is 15.1. The Morgan fingerprint density at radius 3 is 2.37 bits per heavy atom. The minimum atomic E-state index is 0.702. The van der Waals surface area contributed by atoms with E-state index in [4.69, 9.17) is 5.73 Å². The van der Waals surface area contributed by atoms with Crippen molar-refractivity contribution in [3.05, 3.63) is 59.2 Å². The van der Waals surface area contributed by atoms with Crippen LogP contribution in [0.1, 0.15) is 16.7 Å². The minimum absolute atomic E-state index is 0.702. The molecule has 0 saturated heterocycles. The van der Waals surface area contributed by atoms with Crippen molar-refractivity contribution in [2.45, 2.75) is 20.3 Å². The quantitative estimate of drug-likeness (QED) is 0.903. The highest BCUT2D eigenvalue weighted by molar-refractivity contribution is 5.64. The summed E-state index contributed by atoms with van der Waals surface area (Å²) in [6.07, 6.45) is 0.945. The number of hydrogen-bond acceptors (Lipinski definition) is 2. The van der Waals surface area contributed by atoms with E-state index in [9.17, 15) is 0 Å². The zero-order valence-corrected chi connectivity index (χ0v) is 12.0. The van der Waals surface area contributed by atoms with Gasteiger partial charge in [-0.05, 0) is 67.8 Å². The SMILES string of the molecule is Cc1cccc(N(C)c2ccc(CCN)c(C)c2)c1. The molecule has 0 fully saturated rings. The molecule has 0 aromatic heterocycles. The molecular formula is C17H22N2. The fourth-order valence-corrected chi connectivity index (χ4v) is 2.31. The van der Waals surface area contributed by atoms with Crippen LogP contribution in [-0.4, -0.2) is 13.6 Å². The monoisotopic (exact) mass is 254 g/mol. The maximum atomic E-state index is 5.62. The average molecular weight is 254 g/mol. The van der Waals surface area contributed by atoms with Crippen LogP contribution in [-0.2, 0) is 6.42 Å². The fraction of sp³-hybridized carbons (Fsp3) is 0.294. The van der Waals surface area contributed by atoms with Gasteiger partial charge < -0.3 is 10.6 Å². The predicted octanol–water partition coefficient (Wildman–Crippen LogP) is 3.57. The highest BCUT2D eigenvalue weighted by Gasteiger charge is 2.06. The third-order valence-corrected chi connectivity index (χ3v) is 3.52. The van der Waals surface area contributed by atoms with Crippen molar-refractivity contribution in [3.63, 3.8) is 0 Å². The molecule has 2 heteroatoms. The molecule has 0 aliphatic rings. The van der Waals surface area contributed by atoms with Crippen LogP contribution in [0.25, 0.3) is 0 Å². The molecule has 0 spiro atoms. The molecule has 19 heavy (non-hydrogen) atoms. The van der Waals surface area contributed by atoms with Gasteiger partial charge in [0.05, 0.1) is 0 Å². The van der Waals surface area contributed by atoms with Gasteiger partial charge in [0.1, 0.15) is 0 Å². The summed E-state index contributed by atoms with van der Waals surface area (Å²) in [6, 6.07) is 15.1. The van der Waals surface area contributed by atoms with E-state index >= 15 is 0 Å². The molecule has 2 aromatic rings. The lowest BCUT2D eigenvalue weighted by molar-refractivity contribution is 0.957. The Kier molecular flexibility index (Phi) is 4.23. The van der Waals surface area contributed by atoms with Gasteiger partial charge >= 0.3 is 0 Å². The van der Waals surface area contributed by atoms with Crippen LogP contribution in [0.15, 0.2) is 42.5 Å². The predicted molar refractivity (Wildman–Crippen MR) is 83.2 cm³/mol. The molecule has 0 aliphatic heterocycles. The van der Waals surface area contributed by atoms with E-state index in [0.717, 1.165) is 6.42 Å². The van der Waals surface area contributed by atoms with Crippen molar-refractivity contribution < 1.29 is 0 Å². The molecule has 2 rings (SSSR count). The Morgan fingerprint density at radius 1 is 1.00 bits per heavy atom. The van der Waals surface area contributed by atoms with E-state index in [2.05, 4.69) is 68.3 Å². The second-order valence-corrected chi connectivity index (χ2v) is 5.05. The van der Waals surface area contributed by atoms with Gasteiger partial charge in [0, 0.05) is 18.4 Å². The molecule has 0 bridgehead atoms. The summed E-state index contributed by atoms with van der Waals surface area (Å²) in [5, 5.41) is 0. The number of benzene rings is 2. The summed E-state index contributed by atoms with van der Waals surface area (Å²) < 4.78 is 0. The van der Waals surface area contributed by atoms with Gasteiger partial charge in [0.15, 0.2) is 0 Å². The van der Waals surface area contributed by atoms with Crippen LogP contribution in [0, 0.1) is 13.8 Å². The third-order valence-electron chi connectivity index (χ3n) is 3.52. The van der Waals surface area contributed by atoms with Crippen molar-refractivity contribution in [2.75, 3.05) is 18.5 Å². The first-order chi connectivity index (χ1) is 9.11. The Balaban J connectivity index is 2.29. The maximum absolute atomic E-state index is 5.62. The van der Waals surface area contributed by atoms with Gasteiger partial charge in [0.2, 0.25) is 0 Å². The topological polar surface area (TPSA) is 29.3 Å². The molecule has 0 heterocycles. The molecule has 0 unspecified atom stereocenters. The second-order valence-electron chi connectivity index (χ2n) is 5.05. The average Bonchev–Trinajstić information content (AvgIpc) is 2.40. The van der Waals surface area contributed by atoms with Crippen LogP contribution in [0.2, 0.25) is 0 Å². The number of nitrogens with zero attached hydrogens (tertiary/aromatic N) is 1. The lowest BCUT2D eigenvalue weighted by atomic mass is 10.0. The van der Waals surface area contributed by atoms with E-state index in [1.807, 2.05) is 0 Å². The Bertz CT molecular complexity index is 561. The molecule has 100 valence electrons. The number of hydrogen-bond donors (Lipinski definition) is 1. The zero-order valence-electron chi connectivity index (χ0n) is 12.0. The van der Waals surface area contributed by atoms with Crippen LogP contribution >= 0.6 is 0 Å². The summed E-state index contributed by atoms with van der Waals surface area (Å²) in [5.74, 6) is 0. The zero-order chi connectivity index (χ0) is 13.8.